The van der Waals surface area contributed by atoms with Crippen molar-refractivity contribution in [2.45, 2.75) is 12.7 Å². The Balaban J connectivity index is 1.86. The van der Waals surface area contributed by atoms with E-state index in [9.17, 15) is 18.0 Å². The lowest BCUT2D eigenvalue weighted by Gasteiger charge is -2.10. The first-order valence-corrected chi connectivity index (χ1v) is 5.84. The second-order valence-electron chi connectivity index (χ2n) is 4.07. The number of hydrogen-bond acceptors (Lipinski definition) is 4. The fourth-order valence-corrected chi connectivity index (χ4v) is 1.46. The number of hydrogen-bond donors (Lipinski definition) is 1. The summed E-state index contributed by atoms with van der Waals surface area (Å²) in [4.78, 5) is 15.3. The minimum atomic E-state index is -4.38. The number of carbonyl (C=O) groups excluding carboxylic acids is 1. The molecular formula is C12H11F3N4O2. The lowest BCUT2D eigenvalue weighted by Crippen LogP contribution is -2.19. The van der Waals surface area contributed by atoms with Gasteiger partial charge in [-0.15, -0.1) is 0 Å². The van der Waals surface area contributed by atoms with Crippen molar-refractivity contribution in [3.63, 3.8) is 0 Å². The number of rotatable bonds is 5. The van der Waals surface area contributed by atoms with Gasteiger partial charge in [-0.3, -0.25) is 4.79 Å². The first-order chi connectivity index (χ1) is 9.92. The maximum atomic E-state index is 12.0. The van der Waals surface area contributed by atoms with Crippen LogP contribution in [0.1, 0.15) is 0 Å². The molecule has 0 fully saturated rings. The van der Waals surface area contributed by atoms with Crippen molar-refractivity contribution < 1.29 is 22.7 Å². The summed E-state index contributed by atoms with van der Waals surface area (Å²) in [5.74, 6) is -0.258. The quantitative estimate of drug-likeness (QED) is 0.915. The normalized spacial score (nSPS) is 11.2. The van der Waals surface area contributed by atoms with Crippen LogP contribution in [-0.2, 0) is 11.3 Å². The van der Waals surface area contributed by atoms with Gasteiger partial charge in [-0.25, -0.2) is 9.67 Å². The van der Waals surface area contributed by atoms with E-state index in [0.717, 1.165) is 0 Å². The van der Waals surface area contributed by atoms with Gasteiger partial charge in [0, 0.05) is 5.69 Å². The lowest BCUT2D eigenvalue weighted by atomic mass is 10.3. The van der Waals surface area contributed by atoms with Crippen molar-refractivity contribution >= 4 is 11.6 Å². The first kappa shape index (κ1) is 14.8. The van der Waals surface area contributed by atoms with Crippen LogP contribution in [0, 0.1) is 0 Å². The number of benzene rings is 1. The average Bonchev–Trinajstić information content (AvgIpc) is 2.89. The molecule has 0 spiro atoms. The third kappa shape index (κ3) is 5.13. The van der Waals surface area contributed by atoms with Gasteiger partial charge in [0.15, 0.2) is 6.61 Å². The van der Waals surface area contributed by atoms with Crippen LogP contribution in [0.15, 0.2) is 36.9 Å². The van der Waals surface area contributed by atoms with Crippen molar-refractivity contribution in [1.29, 1.82) is 0 Å². The van der Waals surface area contributed by atoms with Gasteiger partial charge in [0.25, 0.3) is 0 Å². The molecule has 21 heavy (non-hydrogen) atoms. The van der Waals surface area contributed by atoms with Crippen LogP contribution in [-0.4, -0.2) is 33.5 Å². The molecule has 0 saturated carbocycles. The van der Waals surface area contributed by atoms with Crippen molar-refractivity contribution in [3.05, 3.63) is 36.9 Å². The summed E-state index contributed by atoms with van der Waals surface area (Å²) in [6, 6.07) is 5.59. The van der Waals surface area contributed by atoms with Gasteiger partial charge in [0.05, 0.1) is 0 Å². The van der Waals surface area contributed by atoms with Gasteiger partial charge < -0.3 is 10.1 Å². The van der Waals surface area contributed by atoms with Crippen molar-refractivity contribution in [1.82, 2.24) is 14.8 Å². The summed E-state index contributed by atoms with van der Waals surface area (Å²) >= 11 is 0. The number of anilines is 1. The molecule has 0 unspecified atom stereocenters. The summed E-state index contributed by atoms with van der Waals surface area (Å²) in [6.07, 6.45) is -1.68. The van der Waals surface area contributed by atoms with Gasteiger partial charge in [-0.2, -0.15) is 18.3 Å². The molecule has 1 aromatic heterocycles. The summed E-state index contributed by atoms with van der Waals surface area (Å²) < 4.78 is 41.8. The zero-order valence-electron chi connectivity index (χ0n) is 10.7. The number of carbonyl (C=O) groups is 1. The summed E-state index contributed by atoms with van der Waals surface area (Å²) in [5, 5.41) is 6.35. The van der Waals surface area contributed by atoms with E-state index in [4.69, 9.17) is 0 Å². The molecule has 2 rings (SSSR count). The Labute approximate surface area is 117 Å². The molecule has 0 aliphatic heterocycles. The summed E-state index contributed by atoms with van der Waals surface area (Å²) in [6.45, 7) is -1.36. The van der Waals surface area contributed by atoms with Gasteiger partial charge in [0.2, 0.25) is 5.91 Å². The van der Waals surface area contributed by atoms with Crippen molar-refractivity contribution in [2.75, 3.05) is 11.9 Å². The van der Waals surface area contributed by atoms with Crippen LogP contribution in [0.25, 0.3) is 0 Å². The second kappa shape index (κ2) is 6.25. The number of nitrogens with one attached hydrogen (secondary N) is 1. The molecule has 0 aliphatic rings. The Bertz CT molecular complexity index is 582. The standard InChI is InChI=1S/C12H11F3N4O2/c13-12(14,15)6-21-10-3-1-9(2-4-10)18-11(20)5-19-8-16-7-17-19/h1-4,7-8H,5-6H2,(H,18,20). The number of nitrogens with zero attached hydrogens (tertiary/aromatic N) is 3. The van der Waals surface area contributed by atoms with Crippen LogP contribution >= 0.6 is 0 Å². The molecule has 0 atom stereocenters. The van der Waals surface area contributed by atoms with Gasteiger partial charge in [0.1, 0.15) is 24.9 Å². The Morgan fingerprint density at radius 3 is 2.57 bits per heavy atom. The van der Waals surface area contributed by atoms with E-state index in [2.05, 4.69) is 20.1 Å². The van der Waals surface area contributed by atoms with E-state index in [1.807, 2.05) is 0 Å². The Hall–Kier alpha value is -2.58. The van der Waals surface area contributed by atoms with Crippen LogP contribution < -0.4 is 10.1 Å². The molecule has 1 amide bonds. The molecule has 0 saturated heterocycles. The van der Waals surface area contributed by atoms with Crippen LogP contribution in [0.5, 0.6) is 5.75 Å². The van der Waals surface area contributed by atoms with Gasteiger partial charge in [-0.05, 0) is 24.3 Å². The van der Waals surface area contributed by atoms with E-state index in [1.54, 1.807) is 0 Å². The zero-order valence-corrected chi connectivity index (χ0v) is 10.7. The van der Waals surface area contributed by atoms with Crippen LogP contribution in [0.4, 0.5) is 18.9 Å². The predicted molar refractivity (Wildman–Crippen MR) is 66.6 cm³/mol. The zero-order chi connectivity index (χ0) is 15.3. The average molecular weight is 300 g/mol. The SMILES string of the molecule is O=C(Cn1cncn1)Nc1ccc(OCC(F)(F)F)cc1. The highest BCUT2D eigenvalue weighted by molar-refractivity contribution is 5.90. The topological polar surface area (TPSA) is 69.0 Å². The molecule has 1 aromatic carbocycles. The maximum Gasteiger partial charge on any atom is 0.422 e. The lowest BCUT2D eigenvalue weighted by molar-refractivity contribution is -0.153. The monoisotopic (exact) mass is 300 g/mol. The third-order valence-corrected chi connectivity index (χ3v) is 2.31. The minimum Gasteiger partial charge on any atom is -0.484 e. The molecule has 1 N–H and O–H groups in total. The molecule has 0 radical (unpaired) electrons. The maximum absolute atomic E-state index is 12.0. The van der Waals surface area contributed by atoms with Gasteiger partial charge in [-0.1, -0.05) is 0 Å². The minimum absolute atomic E-state index is 0.00761. The predicted octanol–water partition coefficient (Wildman–Crippen LogP) is 1.86. The summed E-state index contributed by atoms with van der Waals surface area (Å²) in [5.41, 5.74) is 0.444. The molecule has 0 bridgehead atoms. The van der Waals surface area contributed by atoms with Crippen molar-refractivity contribution in [3.8, 4) is 5.75 Å². The molecule has 1 heterocycles. The fourth-order valence-electron chi connectivity index (χ4n) is 1.46. The number of halogens is 3. The number of aromatic nitrogens is 3. The smallest absolute Gasteiger partial charge is 0.422 e. The number of amides is 1. The third-order valence-electron chi connectivity index (χ3n) is 2.31. The second-order valence-corrected chi connectivity index (χ2v) is 4.07. The highest BCUT2D eigenvalue weighted by Gasteiger charge is 2.28. The van der Waals surface area contributed by atoms with Crippen LogP contribution in [0.2, 0.25) is 0 Å². The Morgan fingerprint density at radius 2 is 2.00 bits per heavy atom. The number of ether oxygens (including phenoxy) is 1. The highest BCUT2D eigenvalue weighted by Crippen LogP contribution is 2.20. The molecule has 2 aromatic rings. The van der Waals surface area contributed by atoms with Gasteiger partial charge >= 0.3 is 6.18 Å². The largest absolute Gasteiger partial charge is 0.484 e. The first-order valence-electron chi connectivity index (χ1n) is 5.84. The molecule has 0 aliphatic carbocycles. The Morgan fingerprint density at radius 1 is 1.29 bits per heavy atom. The van der Waals surface area contributed by atoms with Crippen molar-refractivity contribution in [2.24, 2.45) is 0 Å². The Kier molecular flexibility index (Phi) is 4.41. The summed E-state index contributed by atoms with van der Waals surface area (Å²) in [7, 11) is 0. The molecule has 112 valence electrons. The van der Waals surface area contributed by atoms with E-state index >= 15 is 0 Å². The molecule has 6 nitrogen and oxygen atoms in total. The van der Waals surface area contributed by atoms with Crippen LogP contribution in [0.3, 0.4) is 0 Å². The van der Waals surface area contributed by atoms with E-state index in [0.29, 0.717) is 5.69 Å². The fraction of sp³-hybridized carbons (Fsp3) is 0.250. The molecule has 9 heteroatoms. The van der Waals surface area contributed by atoms with E-state index < -0.39 is 12.8 Å². The number of alkyl halides is 3. The van der Waals surface area contributed by atoms with E-state index in [1.165, 1.54) is 41.6 Å². The molecular weight excluding hydrogens is 289 g/mol. The van der Waals surface area contributed by atoms with E-state index in [-0.39, 0.29) is 18.2 Å². The highest BCUT2D eigenvalue weighted by atomic mass is 19.4.